The van der Waals surface area contributed by atoms with Crippen molar-refractivity contribution >= 4 is 22.4 Å². The summed E-state index contributed by atoms with van der Waals surface area (Å²) >= 11 is 0. The van der Waals surface area contributed by atoms with E-state index in [1.807, 2.05) is 0 Å². The quantitative estimate of drug-likeness (QED) is 0.147. The van der Waals surface area contributed by atoms with Crippen molar-refractivity contribution in [1.82, 2.24) is 4.85 Å². The van der Waals surface area contributed by atoms with Crippen LogP contribution in [0.25, 0.3) is 10.9 Å². The number of aromatic hydroxyl groups is 1. The van der Waals surface area contributed by atoms with Gasteiger partial charge in [-0.1, -0.05) is 0 Å². The lowest BCUT2D eigenvalue weighted by Gasteiger charge is -1.99. The molecule has 0 unspecified atom stereocenters. The number of benzene rings is 1. The molecule has 2 aromatic rings. The van der Waals surface area contributed by atoms with Gasteiger partial charge in [0.25, 0.3) is 0 Å². The third kappa shape index (κ3) is 0.777. The van der Waals surface area contributed by atoms with Gasteiger partial charge >= 0.3 is 5.82 Å². The standard InChI is InChI=1S/C7H8N4O3/c8-3-1-2-4-5(6(3)12)7(9)11(14)10(4)13/h1-2,12-13H,8-9H2. The van der Waals surface area contributed by atoms with Gasteiger partial charge in [0.15, 0.2) is 5.75 Å². The number of hydrogen-bond donors (Lipinski definition) is 4. The highest BCUT2D eigenvalue weighted by Gasteiger charge is 2.20. The van der Waals surface area contributed by atoms with Crippen LogP contribution in [-0.4, -0.2) is 15.2 Å². The van der Waals surface area contributed by atoms with Crippen molar-refractivity contribution < 1.29 is 15.2 Å². The molecular formula is C7H8N4O3. The number of hydrogen-bond acceptors (Lipinski definition) is 5. The van der Waals surface area contributed by atoms with Crippen LogP contribution in [0.4, 0.5) is 11.5 Å². The lowest BCUT2D eigenvalue weighted by molar-refractivity contribution is -0.709. The lowest BCUT2D eigenvalue weighted by atomic mass is 10.2. The fraction of sp³-hybridized carbons (Fsp3) is 0. The van der Waals surface area contributed by atoms with Crippen molar-refractivity contribution in [2.24, 2.45) is 0 Å². The van der Waals surface area contributed by atoms with Gasteiger partial charge in [0.05, 0.1) is 5.69 Å². The van der Waals surface area contributed by atoms with E-state index in [1.54, 1.807) is 0 Å². The molecule has 7 heteroatoms. The van der Waals surface area contributed by atoms with Crippen LogP contribution < -0.4 is 16.3 Å². The zero-order valence-electron chi connectivity index (χ0n) is 7.01. The summed E-state index contributed by atoms with van der Waals surface area (Å²) in [5, 5.41) is 29.9. The fourth-order valence-corrected chi connectivity index (χ4v) is 1.31. The molecule has 0 aliphatic carbocycles. The molecule has 7 nitrogen and oxygen atoms in total. The van der Waals surface area contributed by atoms with Crippen molar-refractivity contribution in [3.05, 3.63) is 17.3 Å². The maximum atomic E-state index is 11.1. The summed E-state index contributed by atoms with van der Waals surface area (Å²) < 4.78 is 0. The number of phenolic OH excluding ortho intramolecular Hbond substituents is 1. The molecule has 6 N–H and O–H groups in total. The zero-order valence-corrected chi connectivity index (χ0v) is 7.01. The Labute approximate surface area is 77.9 Å². The van der Waals surface area contributed by atoms with Crippen LogP contribution in [0.2, 0.25) is 0 Å². The van der Waals surface area contributed by atoms with Crippen LogP contribution in [0.3, 0.4) is 0 Å². The second kappa shape index (κ2) is 2.34. The molecule has 0 aliphatic rings. The van der Waals surface area contributed by atoms with Crippen LogP contribution in [-0.2, 0) is 0 Å². The highest BCUT2D eigenvalue weighted by molar-refractivity contribution is 5.96. The summed E-state index contributed by atoms with van der Waals surface area (Å²) in [6.45, 7) is 0. The van der Waals surface area contributed by atoms with Crippen LogP contribution in [0, 0.1) is 5.21 Å². The van der Waals surface area contributed by atoms with Crippen LogP contribution >= 0.6 is 0 Å². The molecule has 14 heavy (non-hydrogen) atoms. The highest BCUT2D eigenvalue weighted by atomic mass is 16.6. The van der Waals surface area contributed by atoms with E-state index in [1.165, 1.54) is 12.1 Å². The maximum absolute atomic E-state index is 11.1. The molecule has 0 aliphatic heterocycles. The Morgan fingerprint density at radius 2 is 2.00 bits per heavy atom. The molecule has 1 aromatic carbocycles. The van der Waals surface area contributed by atoms with Gasteiger partial charge in [-0.15, -0.1) is 4.85 Å². The summed E-state index contributed by atoms with van der Waals surface area (Å²) in [5.74, 6) is -0.607. The zero-order chi connectivity index (χ0) is 10.5. The summed E-state index contributed by atoms with van der Waals surface area (Å²) in [7, 11) is 0. The summed E-state index contributed by atoms with van der Waals surface area (Å²) in [4.78, 5) is 0.355. The molecule has 0 fully saturated rings. The summed E-state index contributed by atoms with van der Waals surface area (Å²) in [6.07, 6.45) is 0. The molecule has 0 spiro atoms. The van der Waals surface area contributed by atoms with Gasteiger partial charge in [-0.05, 0) is 17.0 Å². The van der Waals surface area contributed by atoms with Crippen LogP contribution in [0.1, 0.15) is 0 Å². The van der Waals surface area contributed by atoms with Gasteiger partial charge in [0.1, 0.15) is 10.9 Å². The number of nitrogen functional groups attached to an aromatic ring is 2. The predicted octanol–water partition coefficient (Wildman–Crippen LogP) is -0.618. The first-order chi connectivity index (χ1) is 6.54. The molecule has 0 saturated heterocycles. The molecular weight excluding hydrogens is 188 g/mol. The predicted molar refractivity (Wildman–Crippen MR) is 48.6 cm³/mol. The smallest absolute Gasteiger partial charge is 0.311 e. The van der Waals surface area contributed by atoms with Crippen LogP contribution in [0.5, 0.6) is 5.75 Å². The van der Waals surface area contributed by atoms with E-state index in [9.17, 15) is 15.5 Å². The van der Waals surface area contributed by atoms with Gasteiger partial charge in [-0.25, -0.2) is 0 Å². The van der Waals surface area contributed by atoms with E-state index in [0.29, 0.717) is 4.85 Å². The molecule has 0 radical (unpaired) electrons. The van der Waals surface area contributed by atoms with Gasteiger partial charge in [-0.3, -0.25) is 5.73 Å². The Morgan fingerprint density at radius 1 is 1.36 bits per heavy atom. The molecule has 0 atom stereocenters. The van der Waals surface area contributed by atoms with Crippen molar-refractivity contribution in [2.45, 2.75) is 0 Å². The molecule has 0 bridgehead atoms. The molecule has 2 rings (SSSR count). The first kappa shape index (κ1) is 8.30. The van der Waals surface area contributed by atoms with Crippen molar-refractivity contribution in [1.29, 1.82) is 0 Å². The molecule has 1 aromatic heterocycles. The second-order valence-corrected chi connectivity index (χ2v) is 2.85. The number of nitrogens with zero attached hydrogens (tertiary/aromatic N) is 2. The van der Waals surface area contributed by atoms with Gasteiger partial charge in [0, 0.05) is 0 Å². The third-order valence-electron chi connectivity index (χ3n) is 2.04. The van der Waals surface area contributed by atoms with Gasteiger partial charge in [-0.2, -0.15) is 0 Å². The molecule has 0 saturated carbocycles. The van der Waals surface area contributed by atoms with E-state index in [4.69, 9.17) is 11.5 Å². The fourth-order valence-electron chi connectivity index (χ4n) is 1.31. The first-order valence-corrected chi connectivity index (χ1v) is 3.74. The lowest BCUT2D eigenvalue weighted by Crippen LogP contribution is -2.38. The van der Waals surface area contributed by atoms with Crippen LogP contribution in [0.15, 0.2) is 12.1 Å². The Kier molecular flexibility index (Phi) is 1.39. The van der Waals surface area contributed by atoms with Gasteiger partial charge < -0.3 is 21.3 Å². The SMILES string of the molecule is Nc1ccc2c(c1O)c(N)[n+]([O-])n2O. The second-order valence-electron chi connectivity index (χ2n) is 2.85. The number of rotatable bonds is 0. The van der Waals surface area contributed by atoms with Crippen molar-refractivity contribution in [2.75, 3.05) is 11.5 Å². The number of fused-ring (bicyclic) bond motifs is 1. The number of anilines is 2. The van der Waals surface area contributed by atoms with E-state index in [0.717, 1.165) is 0 Å². The average molecular weight is 196 g/mol. The van der Waals surface area contributed by atoms with Gasteiger partial charge in [0.2, 0.25) is 0 Å². The number of phenols is 1. The topological polar surface area (TPSA) is 124 Å². The third-order valence-corrected chi connectivity index (χ3v) is 2.04. The Morgan fingerprint density at radius 3 is 2.64 bits per heavy atom. The Hall–Kier alpha value is -2.31. The van der Waals surface area contributed by atoms with E-state index in [-0.39, 0.29) is 33.0 Å². The Bertz CT molecular complexity index is 519. The minimum absolute atomic E-state index is 0.0440. The van der Waals surface area contributed by atoms with E-state index >= 15 is 0 Å². The number of nitrogens with two attached hydrogens (primary N) is 2. The molecule has 0 amide bonds. The number of aromatic nitrogens is 2. The minimum atomic E-state index is -0.308. The van der Waals surface area contributed by atoms with E-state index in [2.05, 4.69) is 0 Å². The summed E-state index contributed by atoms with van der Waals surface area (Å²) in [5.41, 5.74) is 11.0. The normalized spacial score (nSPS) is 10.9. The monoisotopic (exact) mass is 196 g/mol. The Balaban J connectivity index is 3.03. The van der Waals surface area contributed by atoms with Crippen molar-refractivity contribution in [3.63, 3.8) is 0 Å². The van der Waals surface area contributed by atoms with E-state index < -0.39 is 0 Å². The average Bonchev–Trinajstić information content (AvgIpc) is 2.38. The van der Waals surface area contributed by atoms with Crippen molar-refractivity contribution in [3.8, 4) is 5.75 Å². The maximum Gasteiger partial charge on any atom is 0.311 e. The highest BCUT2D eigenvalue weighted by Crippen LogP contribution is 2.32. The largest absolute Gasteiger partial charge is 0.690 e. The molecule has 1 heterocycles. The minimum Gasteiger partial charge on any atom is -0.690 e. The molecule has 74 valence electrons. The summed E-state index contributed by atoms with van der Waals surface area (Å²) in [6, 6.07) is 2.75. The first-order valence-electron chi connectivity index (χ1n) is 3.74.